The van der Waals surface area contributed by atoms with Gasteiger partial charge in [-0.25, -0.2) is 13.2 Å². The molecule has 39 heavy (non-hydrogen) atoms. The van der Waals surface area contributed by atoms with Gasteiger partial charge in [0.05, 0.1) is 31.9 Å². The molecule has 0 unspecified atom stereocenters. The predicted molar refractivity (Wildman–Crippen MR) is 145 cm³/mol. The largest absolute Gasteiger partial charge is 0.488 e. The number of anilines is 2. The van der Waals surface area contributed by atoms with Gasteiger partial charge in [0.1, 0.15) is 11.9 Å². The normalized spacial score (nSPS) is 19.6. The lowest BCUT2D eigenvalue weighted by Gasteiger charge is -2.34. The fourth-order valence-corrected chi connectivity index (χ4v) is 5.03. The van der Waals surface area contributed by atoms with E-state index >= 15 is 0 Å². The van der Waals surface area contributed by atoms with E-state index in [1.54, 1.807) is 55.3 Å². The first-order valence-electron chi connectivity index (χ1n) is 12.5. The Morgan fingerprint density at radius 3 is 2.56 bits per heavy atom. The highest BCUT2D eigenvalue weighted by Gasteiger charge is 2.32. The zero-order chi connectivity index (χ0) is 28.3. The Balaban J connectivity index is 1.57. The molecule has 0 aromatic heterocycles. The van der Waals surface area contributed by atoms with Gasteiger partial charge in [0.2, 0.25) is 22.7 Å². The molecule has 2 heterocycles. The monoisotopic (exact) mass is 562 g/mol. The van der Waals surface area contributed by atoms with Crippen LogP contribution in [-0.2, 0) is 21.2 Å². The highest BCUT2D eigenvalue weighted by atomic mass is 32.2. The van der Waals surface area contributed by atoms with Crippen molar-refractivity contribution in [2.75, 3.05) is 49.8 Å². The van der Waals surface area contributed by atoms with Crippen molar-refractivity contribution >= 4 is 33.3 Å². The van der Waals surface area contributed by atoms with E-state index in [0.29, 0.717) is 40.7 Å². The van der Waals surface area contributed by atoms with Gasteiger partial charge in [-0.1, -0.05) is 6.92 Å². The van der Waals surface area contributed by atoms with Crippen LogP contribution in [0.4, 0.5) is 16.2 Å². The number of rotatable bonds is 7. The van der Waals surface area contributed by atoms with E-state index in [9.17, 15) is 23.1 Å². The fourth-order valence-electron chi connectivity index (χ4n) is 4.47. The highest BCUT2D eigenvalue weighted by molar-refractivity contribution is 7.92. The first-order valence-corrected chi connectivity index (χ1v) is 14.4. The highest BCUT2D eigenvalue weighted by Crippen LogP contribution is 2.34. The van der Waals surface area contributed by atoms with Crippen LogP contribution in [0.5, 0.6) is 17.2 Å². The van der Waals surface area contributed by atoms with E-state index in [4.69, 9.17) is 14.2 Å². The minimum Gasteiger partial charge on any atom is -0.488 e. The van der Waals surface area contributed by atoms with Gasteiger partial charge in [0.25, 0.3) is 0 Å². The second kappa shape index (κ2) is 11.6. The number of aliphatic hydroxyl groups is 1. The standard InChI is InChI=1S/C26H34N4O8S/c1-16-12-30(17(2)14-31)25(32)10-18-9-20(28-39(4,34)35)6-7-21(18)38-24(16)13-29(3)26(33)27-19-5-8-22-23(11-19)37-15-36-22/h5-9,11,16-17,24,28,31H,10,12-15H2,1-4H3,(H,27,33)/t16-,17+,24-/m0/s1. The molecule has 13 heteroatoms. The number of aliphatic hydroxyl groups excluding tert-OH is 1. The zero-order valence-corrected chi connectivity index (χ0v) is 23.2. The minimum absolute atomic E-state index is 0.0428. The fraction of sp³-hybridized carbons (Fsp3) is 0.462. The van der Waals surface area contributed by atoms with Crippen LogP contribution in [0.25, 0.3) is 0 Å². The van der Waals surface area contributed by atoms with Gasteiger partial charge in [-0.2, -0.15) is 0 Å². The Kier molecular flexibility index (Phi) is 8.40. The maximum atomic E-state index is 13.3. The smallest absolute Gasteiger partial charge is 0.321 e. The van der Waals surface area contributed by atoms with Gasteiger partial charge in [-0.05, 0) is 37.3 Å². The molecule has 0 aliphatic carbocycles. The summed E-state index contributed by atoms with van der Waals surface area (Å²) < 4.78 is 43.0. The van der Waals surface area contributed by atoms with Crippen molar-refractivity contribution in [3.8, 4) is 17.2 Å². The summed E-state index contributed by atoms with van der Waals surface area (Å²) in [4.78, 5) is 29.4. The van der Waals surface area contributed by atoms with Crippen LogP contribution < -0.4 is 24.2 Å². The predicted octanol–water partition coefficient (Wildman–Crippen LogP) is 2.10. The van der Waals surface area contributed by atoms with Crippen molar-refractivity contribution < 1.29 is 37.3 Å². The minimum atomic E-state index is -3.53. The lowest BCUT2D eigenvalue weighted by Crippen LogP contribution is -2.48. The van der Waals surface area contributed by atoms with E-state index in [2.05, 4.69) is 10.0 Å². The number of ether oxygens (including phenoxy) is 3. The van der Waals surface area contributed by atoms with Crippen LogP contribution in [0.1, 0.15) is 19.4 Å². The second-order valence-electron chi connectivity index (χ2n) is 9.96. The number of nitrogens with zero attached hydrogens (tertiary/aromatic N) is 2. The summed E-state index contributed by atoms with van der Waals surface area (Å²) in [5.74, 6) is 1.14. The van der Waals surface area contributed by atoms with Crippen molar-refractivity contribution in [1.29, 1.82) is 0 Å². The molecular weight excluding hydrogens is 528 g/mol. The number of nitrogens with one attached hydrogen (secondary N) is 2. The number of likely N-dealkylation sites (N-methyl/N-ethyl adjacent to an activating group) is 1. The lowest BCUT2D eigenvalue weighted by molar-refractivity contribution is -0.134. The van der Waals surface area contributed by atoms with Gasteiger partial charge in [-0.3, -0.25) is 9.52 Å². The molecular formula is C26H34N4O8S. The van der Waals surface area contributed by atoms with E-state index in [1.165, 1.54) is 4.90 Å². The lowest BCUT2D eigenvalue weighted by atomic mass is 10.0. The molecule has 0 spiro atoms. The molecule has 3 N–H and O–H groups in total. The number of benzene rings is 2. The first-order chi connectivity index (χ1) is 18.4. The molecule has 3 atom stereocenters. The Morgan fingerprint density at radius 2 is 1.85 bits per heavy atom. The molecule has 0 saturated carbocycles. The maximum absolute atomic E-state index is 13.3. The van der Waals surface area contributed by atoms with Gasteiger partial charge in [0.15, 0.2) is 11.5 Å². The van der Waals surface area contributed by atoms with E-state index in [-0.39, 0.29) is 44.2 Å². The molecule has 2 aromatic rings. The van der Waals surface area contributed by atoms with E-state index < -0.39 is 22.2 Å². The summed E-state index contributed by atoms with van der Waals surface area (Å²) in [6, 6.07) is 9.07. The number of hydrogen-bond donors (Lipinski definition) is 3. The summed E-state index contributed by atoms with van der Waals surface area (Å²) in [6.45, 7) is 4.08. The van der Waals surface area contributed by atoms with Gasteiger partial charge < -0.3 is 34.4 Å². The number of sulfonamides is 1. The van der Waals surface area contributed by atoms with Crippen LogP contribution in [0.2, 0.25) is 0 Å². The van der Waals surface area contributed by atoms with E-state index in [1.807, 2.05) is 6.92 Å². The number of amides is 3. The average molecular weight is 563 g/mol. The third kappa shape index (κ3) is 7.03. The number of carbonyl (C=O) groups excluding carboxylic acids is 2. The van der Waals surface area contributed by atoms with Crippen LogP contribution in [0.3, 0.4) is 0 Å². The second-order valence-corrected chi connectivity index (χ2v) is 11.7. The summed E-state index contributed by atoms with van der Waals surface area (Å²) in [7, 11) is -1.89. The van der Waals surface area contributed by atoms with Crippen LogP contribution in [0, 0.1) is 5.92 Å². The quantitative estimate of drug-likeness (QED) is 0.465. The third-order valence-corrected chi connectivity index (χ3v) is 7.25. The van der Waals surface area contributed by atoms with Crippen molar-refractivity contribution in [2.24, 2.45) is 5.92 Å². The van der Waals surface area contributed by atoms with Gasteiger partial charge >= 0.3 is 6.03 Å². The summed E-state index contributed by atoms with van der Waals surface area (Å²) in [5, 5.41) is 12.6. The van der Waals surface area contributed by atoms with Crippen molar-refractivity contribution in [3.63, 3.8) is 0 Å². The summed E-state index contributed by atoms with van der Waals surface area (Å²) >= 11 is 0. The van der Waals surface area contributed by atoms with Gasteiger partial charge in [0, 0.05) is 42.5 Å². The topological polar surface area (TPSA) is 147 Å². The Labute approximate surface area is 227 Å². The van der Waals surface area contributed by atoms with Crippen molar-refractivity contribution in [1.82, 2.24) is 9.80 Å². The first kappa shape index (κ1) is 28.3. The van der Waals surface area contributed by atoms with Crippen LogP contribution >= 0.6 is 0 Å². The number of fused-ring (bicyclic) bond motifs is 2. The van der Waals surface area contributed by atoms with Gasteiger partial charge in [-0.15, -0.1) is 0 Å². The van der Waals surface area contributed by atoms with Crippen LogP contribution in [0.15, 0.2) is 36.4 Å². The molecule has 212 valence electrons. The molecule has 0 fully saturated rings. The summed E-state index contributed by atoms with van der Waals surface area (Å²) in [6.07, 6.45) is 0.478. The zero-order valence-electron chi connectivity index (χ0n) is 22.3. The van der Waals surface area contributed by atoms with Crippen molar-refractivity contribution in [3.05, 3.63) is 42.0 Å². The van der Waals surface area contributed by atoms with E-state index in [0.717, 1.165) is 6.26 Å². The third-order valence-electron chi connectivity index (χ3n) is 6.64. The molecule has 12 nitrogen and oxygen atoms in total. The molecule has 0 bridgehead atoms. The Hall–Kier alpha value is -3.71. The molecule has 4 rings (SSSR count). The molecule has 2 aromatic carbocycles. The molecule has 0 saturated heterocycles. The maximum Gasteiger partial charge on any atom is 0.321 e. The number of carbonyl (C=O) groups is 2. The van der Waals surface area contributed by atoms with Crippen molar-refractivity contribution in [2.45, 2.75) is 32.4 Å². The molecule has 3 amide bonds. The average Bonchev–Trinajstić information content (AvgIpc) is 3.35. The number of urea groups is 1. The SMILES string of the molecule is C[C@H](CO)N1C[C@H](C)[C@H](CN(C)C(=O)Nc2ccc3c(c2)OCO3)Oc2ccc(NS(C)(=O)=O)cc2CC1=O. The Bertz CT molecular complexity index is 1340. The van der Waals surface area contributed by atoms with Crippen LogP contribution in [-0.4, -0.2) is 87.2 Å². The Morgan fingerprint density at radius 1 is 1.15 bits per heavy atom. The number of hydrogen-bond acceptors (Lipinski definition) is 8. The summed E-state index contributed by atoms with van der Waals surface area (Å²) in [5.41, 5.74) is 1.35. The molecule has 2 aliphatic rings. The molecule has 2 aliphatic heterocycles. The molecule has 0 radical (unpaired) electrons.